The van der Waals surface area contributed by atoms with Crippen LogP contribution < -0.4 is 5.32 Å². The quantitative estimate of drug-likeness (QED) is 0.866. The molecular formula is C15H21N3O. The first-order chi connectivity index (χ1) is 9.20. The van der Waals surface area contributed by atoms with Crippen molar-refractivity contribution in [1.82, 2.24) is 15.5 Å². The van der Waals surface area contributed by atoms with Crippen molar-refractivity contribution in [2.75, 3.05) is 6.54 Å². The van der Waals surface area contributed by atoms with Gasteiger partial charge in [0, 0.05) is 6.42 Å². The van der Waals surface area contributed by atoms with Crippen LogP contribution in [0.4, 0.5) is 0 Å². The van der Waals surface area contributed by atoms with E-state index in [2.05, 4.69) is 48.4 Å². The molecule has 102 valence electrons. The first-order valence-corrected chi connectivity index (χ1v) is 6.81. The highest BCUT2D eigenvalue weighted by atomic mass is 16.4. The highest BCUT2D eigenvalue weighted by molar-refractivity contribution is 5.23. The topological polar surface area (TPSA) is 51.0 Å². The Hall–Kier alpha value is -1.68. The molecule has 0 fully saturated rings. The van der Waals surface area contributed by atoms with Gasteiger partial charge in [-0.1, -0.05) is 51.1 Å². The molecule has 1 unspecified atom stereocenters. The molecule has 0 radical (unpaired) electrons. The average Bonchev–Trinajstić information content (AvgIpc) is 2.84. The van der Waals surface area contributed by atoms with Crippen molar-refractivity contribution in [3.05, 3.63) is 47.7 Å². The summed E-state index contributed by atoms with van der Waals surface area (Å²) < 4.78 is 5.78. The second-order valence-corrected chi connectivity index (χ2v) is 5.03. The molecule has 0 spiro atoms. The van der Waals surface area contributed by atoms with E-state index >= 15 is 0 Å². The third kappa shape index (κ3) is 3.64. The van der Waals surface area contributed by atoms with Crippen LogP contribution in [-0.4, -0.2) is 16.7 Å². The summed E-state index contributed by atoms with van der Waals surface area (Å²) >= 11 is 0. The van der Waals surface area contributed by atoms with Gasteiger partial charge in [-0.15, -0.1) is 10.2 Å². The number of hydrogen-bond acceptors (Lipinski definition) is 4. The van der Waals surface area contributed by atoms with Crippen LogP contribution in [0.25, 0.3) is 0 Å². The van der Waals surface area contributed by atoms with Crippen molar-refractivity contribution in [3.8, 4) is 0 Å². The Bertz CT molecular complexity index is 493. The number of hydrogen-bond donors (Lipinski definition) is 1. The normalized spacial score (nSPS) is 12.8. The van der Waals surface area contributed by atoms with Crippen LogP contribution in [-0.2, 0) is 6.42 Å². The summed E-state index contributed by atoms with van der Waals surface area (Å²) in [5.74, 6) is 1.87. The van der Waals surface area contributed by atoms with Crippen molar-refractivity contribution < 1.29 is 4.42 Å². The molecule has 2 aromatic rings. The first kappa shape index (κ1) is 13.7. The molecule has 4 heteroatoms. The Kier molecular flexibility index (Phi) is 4.68. The summed E-state index contributed by atoms with van der Waals surface area (Å²) in [6.45, 7) is 7.20. The fraction of sp³-hybridized carbons (Fsp3) is 0.467. The van der Waals surface area contributed by atoms with Gasteiger partial charge in [0.05, 0.1) is 0 Å². The number of nitrogens with one attached hydrogen (secondary N) is 1. The summed E-state index contributed by atoms with van der Waals surface area (Å²) in [7, 11) is 0. The highest BCUT2D eigenvalue weighted by Gasteiger charge is 2.19. The lowest BCUT2D eigenvalue weighted by molar-refractivity contribution is 0.394. The molecule has 0 bridgehead atoms. The fourth-order valence-electron chi connectivity index (χ4n) is 2.01. The number of rotatable bonds is 6. The van der Waals surface area contributed by atoms with Gasteiger partial charge in [-0.25, -0.2) is 0 Å². The summed E-state index contributed by atoms with van der Waals surface area (Å²) in [6.07, 6.45) is 0.820. The van der Waals surface area contributed by atoms with Crippen molar-refractivity contribution in [2.24, 2.45) is 5.92 Å². The highest BCUT2D eigenvalue weighted by Crippen LogP contribution is 2.21. The smallest absolute Gasteiger partial charge is 0.237 e. The standard InChI is InChI=1S/C15H21N3O/c1-4-16-14(12-8-6-5-7-9-12)15-18-17-13(19-15)10-11(2)3/h5-9,11,14,16H,4,10H2,1-3H3. The van der Waals surface area contributed by atoms with E-state index in [4.69, 9.17) is 4.42 Å². The second kappa shape index (κ2) is 6.48. The van der Waals surface area contributed by atoms with Gasteiger partial charge in [-0.05, 0) is 18.0 Å². The maximum absolute atomic E-state index is 5.78. The van der Waals surface area contributed by atoms with Gasteiger partial charge in [-0.3, -0.25) is 0 Å². The van der Waals surface area contributed by atoms with E-state index in [1.54, 1.807) is 0 Å². The Morgan fingerprint density at radius 3 is 2.53 bits per heavy atom. The molecule has 0 aliphatic carbocycles. The Morgan fingerprint density at radius 2 is 1.89 bits per heavy atom. The molecular weight excluding hydrogens is 238 g/mol. The summed E-state index contributed by atoms with van der Waals surface area (Å²) in [6, 6.07) is 10.2. The van der Waals surface area contributed by atoms with Crippen LogP contribution in [0.2, 0.25) is 0 Å². The zero-order chi connectivity index (χ0) is 13.7. The summed E-state index contributed by atoms with van der Waals surface area (Å²) in [5, 5.41) is 11.7. The molecule has 0 saturated heterocycles. The SMILES string of the molecule is CCNC(c1ccccc1)c1nnc(CC(C)C)o1. The molecule has 0 saturated carbocycles. The molecule has 0 aliphatic rings. The maximum atomic E-state index is 5.78. The number of aromatic nitrogens is 2. The minimum absolute atomic E-state index is 0.0281. The maximum Gasteiger partial charge on any atom is 0.237 e. The molecule has 1 aromatic carbocycles. The van der Waals surface area contributed by atoms with Crippen LogP contribution >= 0.6 is 0 Å². The summed E-state index contributed by atoms with van der Waals surface area (Å²) in [5.41, 5.74) is 1.14. The van der Waals surface area contributed by atoms with Gasteiger partial charge in [0.25, 0.3) is 0 Å². The van der Waals surface area contributed by atoms with E-state index in [-0.39, 0.29) is 6.04 Å². The van der Waals surface area contributed by atoms with E-state index in [0.29, 0.717) is 17.7 Å². The second-order valence-electron chi connectivity index (χ2n) is 5.03. The molecule has 0 aliphatic heterocycles. The lowest BCUT2D eigenvalue weighted by Crippen LogP contribution is -2.22. The zero-order valence-electron chi connectivity index (χ0n) is 11.8. The van der Waals surface area contributed by atoms with E-state index in [1.807, 2.05) is 18.2 Å². The Labute approximate surface area is 114 Å². The molecule has 2 rings (SSSR count). The average molecular weight is 259 g/mol. The molecule has 0 amide bonds. The lowest BCUT2D eigenvalue weighted by Gasteiger charge is -2.13. The van der Waals surface area contributed by atoms with E-state index in [1.165, 1.54) is 0 Å². The largest absolute Gasteiger partial charge is 0.423 e. The fourth-order valence-corrected chi connectivity index (χ4v) is 2.01. The van der Waals surface area contributed by atoms with Crippen LogP contribution in [0.3, 0.4) is 0 Å². The van der Waals surface area contributed by atoms with Crippen molar-refractivity contribution in [1.29, 1.82) is 0 Å². The molecule has 1 atom stereocenters. The predicted octanol–water partition coefficient (Wildman–Crippen LogP) is 2.97. The zero-order valence-corrected chi connectivity index (χ0v) is 11.8. The van der Waals surface area contributed by atoms with Crippen molar-refractivity contribution >= 4 is 0 Å². The van der Waals surface area contributed by atoms with E-state index < -0.39 is 0 Å². The lowest BCUT2D eigenvalue weighted by atomic mass is 10.1. The van der Waals surface area contributed by atoms with Crippen LogP contribution in [0.5, 0.6) is 0 Å². The van der Waals surface area contributed by atoms with Gasteiger partial charge in [-0.2, -0.15) is 0 Å². The molecule has 4 nitrogen and oxygen atoms in total. The Morgan fingerprint density at radius 1 is 1.16 bits per heavy atom. The number of nitrogens with zero attached hydrogens (tertiary/aromatic N) is 2. The third-order valence-electron chi connectivity index (χ3n) is 2.85. The van der Waals surface area contributed by atoms with Crippen molar-refractivity contribution in [2.45, 2.75) is 33.2 Å². The van der Waals surface area contributed by atoms with Gasteiger partial charge < -0.3 is 9.73 Å². The predicted molar refractivity (Wildman–Crippen MR) is 74.8 cm³/mol. The monoisotopic (exact) mass is 259 g/mol. The minimum Gasteiger partial charge on any atom is -0.423 e. The molecule has 19 heavy (non-hydrogen) atoms. The Balaban J connectivity index is 2.22. The van der Waals surface area contributed by atoms with Gasteiger partial charge in [0.2, 0.25) is 11.8 Å². The van der Waals surface area contributed by atoms with Crippen molar-refractivity contribution in [3.63, 3.8) is 0 Å². The van der Waals surface area contributed by atoms with Crippen LogP contribution in [0.15, 0.2) is 34.7 Å². The van der Waals surface area contributed by atoms with E-state index in [0.717, 1.165) is 18.5 Å². The third-order valence-corrected chi connectivity index (χ3v) is 2.85. The van der Waals surface area contributed by atoms with Crippen LogP contribution in [0, 0.1) is 5.92 Å². The number of benzene rings is 1. The molecule has 1 aromatic heterocycles. The van der Waals surface area contributed by atoms with Crippen LogP contribution in [0.1, 0.15) is 44.2 Å². The minimum atomic E-state index is -0.0281. The first-order valence-electron chi connectivity index (χ1n) is 6.81. The van der Waals surface area contributed by atoms with Gasteiger partial charge >= 0.3 is 0 Å². The van der Waals surface area contributed by atoms with E-state index in [9.17, 15) is 0 Å². The summed E-state index contributed by atoms with van der Waals surface area (Å²) in [4.78, 5) is 0. The van der Waals surface area contributed by atoms with Gasteiger partial charge in [0.1, 0.15) is 6.04 Å². The molecule has 1 heterocycles. The van der Waals surface area contributed by atoms with Gasteiger partial charge in [0.15, 0.2) is 0 Å². The molecule has 1 N–H and O–H groups in total.